The molecule has 0 heterocycles. The summed E-state index contributed by atoms with van der Waals surface area (Å²) in [4.78, 5) is 25.6. The zero-order valence-electron chi connectivity index (χ0n) is 21.5. The Balaban J connectivity index is 1.35. The van der Waals surface area contributed by atoms with Crippen LogP contribution in [0.5, 0.6) is 5.75 Å². The third-order valence-corrected chi connectivity index (χ3v) is 5.99. The predicted octanol–water partition coefficient (Wildman–Crippen LogP) is 7.11. The average molecular weight is 493 g/mol. The van der Waals surface area contributed by atoms with E-state index in [1.807, 2.05) is 48.5 Å². The second-order valence-electron chi connectivity index (χ2n) is 9.93. The van der Waals surface area contributed by atoms with Gasteiger partial charge in [0.25, 0.3) is 11.8 Å². The van der Waals surface area contributed by atoms with Crippen molar-refractivity contribution in [2.75, 3.05) is 17.2 Å². The summed E-state index contributed by atoms with van der Waals surface area (Å²) in [5.41, 5.74) is 4.64. The molecule has 4 aromatic rings. The van der Waals surface area contributed by atoms with Gasteiger partial charge in [0.1, 0.15) is 5.75 Å². The van der Waals surface area contributed by atoms with Crippen molar-refractivity contribution in [3.05, 3.63) is 125 Å². The Morgan fingerprint density at radius 2 is 1.30 bits per heavy atom. The highest BCUT2D eigenvalue weighted by Crippen LogP contribution is 2.23. The molecule has 2 amide bonds. The van der Waals surface area contributed by atoms with Gasteiger partial charge in [-0.1, -0.05) is 75.4 Å². The highest BCUT2D eigenvalue weighted by atomic mass is 16.5. The van der Waals surface area contributed by atoms with Gasteiger partial charge in [0, 0.05) is 28.9 Å². The van der Waals surface area contributed by atoms with E-state index in [-0.39, 0.29) is 17.2 Å². The van der Waals surface area contributed by atoms with Crippen LogP contribution in [0.15, 0.2) is 103 Å². The van der Waals surface area contributed by atoms with E-state index in [0.717, 1.165) is 6.42 Å². The molecule has 0 aliphatic rings. The van der Waals surface area contributed by atoms with Gasteiger partial charge in [-0.3, -0.25) is 9.59 Å². The second-order valence-corrected chi connectivity index (χ2v) is 9.93. The van der Waals surface area contributed by atoms with Crippen LogP contribution in [-0.4, -0.2) is 18.4 Å². The number of ether oxygens (including phenoxy) is 1. The summed E-state index contributed by atoms with van der Waals surface area (Å²) in [7, 11) is 0. The highest BCUT2D eigenvalue weighted by Gasteiger charge is 2.15. The molecule has 5 heteroatoms. The lowest BCUT2D eigenvalue weighted by Gasteiger charge is -2.19. The van der Waals surface area contributed by atoms with Gasteiger partial charge in [0.05, 0.1) is 6.61 Å². The van der Waals surface area contributed by atoms with Crippen LogP contribution >= 0.6 is 0 Å². The fourth-order valence-electron chi connectivity index (χ4n) is 3.86. The van der Waals surface area contributed by atoms with E-state index in [1.54, 1.807) is 42.5 Å². The first kappa shape index (κ1) is 25.7. The maximum Gasteiger partial charge on any atom is 0.255 e. The maximum absolute atomic E-state index is 12.9. The number of nitrogens with one attached hydrogen (secondary N) is 2. The first-order chi connectivity index (χ1) is 17.8. The fraction of sp³-hybridized carbons (Fsp3) is 0.188. The van der Waals surface area contributed by atoms with Gasteiger partial charge < -0.3 is 15.4 Å². The number of rotatable bonds is 8. The molecule has 4 aromatic carbocycles. The minimum absolute atomic E-state index is 0.0232. The van der Waals surface area contributed by atoms with Gasteiger partial charge in [-0.15, -0.1) is 0 Å². The molecule has 0 bridgehead atoms. The van der Waals surface area contributed by atoms with Gasteiger partial charge >= 0.3 is 0 Å². The molecule has 0 spiro atoms. The van der Waals surface area contributed by atoms with Crippen molar-refractivity contribution in [1.82, 2.24) is 0 Å². The normalized spacial score (nSPS) is 11.0. The van der Waals surface area contributed by atoms with Gasteiger partial charge in [0.2, 0.25) is 0 Å². The van der Waals surface area contributed by atoms with Crippen molar-refractivity contribution >= 4 is 23.2 Å². The number of anilines is 2. The summed E-state index contributed by atoms with van der Waals surface area (Å²) in [6.07, 6.45) is 0.788. The van der Waals surface area contributed by atoms with Crippen LogP contribution in [0.4, 0.5) is 11.4 Å². The van der Waals surface area contributed by atoms with Gasteiger partial charge in [-0.05, 0) is 65.1 Å². The van der Waals surface area contributed by atoms with E-state index >= 15 is 0 Å². The predicted molar refractivity (Wildman–Crippen MR) is 150 cm³/mol. The lowest BCUT2D eigenvalue weighted by Crippen LogP contribution is -2.15. The molecule has 0 aliphatic heterocycles. The molecule has 0 radical (unpaired) electrons. The molecule has 0 atom stereocenters. The van der Waals surface area contributed by atoms with E-state index in [9.17, 15) is 9.59 Å². The summed E-state index contributed by atoms with van der Waals surface area (Å²) in [5, 5.41) is 5.80. The minimum Gasteiger partial charge on any atom is -0.493 e. The molecular weight excluding hydrogens is 460 g/mol. The standard InChI is InChI=1S/C32H32N2O3/c1-32(2,3)26-17-15-24(16-18-26)30(35)33-27-12-8-13-28(22-27)34-31(36)25-11-7-14-29(21-25)37-20-19-23-9-5-4-6-10-23/h4-18,21-22H,19-20H2,1-3H3,(H,33,35)(H,34,36). The highest BCUT2D eigenvalue weighted by molar-refractivity contribution is 6.06. The molecule has 0 aromatic heterocycles. The summed E-state index contributed by atoms with van der Waals surface area (Å²) in [6, 6.07) is 31.9. The number of hydrogen-bond donors (Lipinski definition) is 2. The lowest BCUT2D eigenvalue weighted by molar-refractivity contribution is 0.101. The number of carbonyl (C=O) groups is 2. The van der Waals surface area contributed by atoms with Crippen LogP contribution in [0, 0.1) is 0 Å². The van der Waals surface area contributed by atoms with Crippen LogP contribution in [-0.2, 0) is 11.8 Å². The van der Waals surface area contributed by atoms with Crippen LogP contribution < -0.4 is 15.4 Å². The number of benzene rings is 4. The first-order valence-electron chi connectivity index (χ1n) is 12.4. The van der Waals surface area contributed by atoms with Crippen molar-refractivity contribution in [3.8, 4) is 5.75 Å². The van der Waals surface area contributed by atoms with Gasteiger partial charge in [0.15, 0.2) is 0 Å². The molecule has 188 valence electrons. The molecule has 37 heavy (non-hydrogen) atoms. The molecule has 2 N–H and O–H groups in total. The Bertz CT molecular complexity index is 1360. The van der Waals surface area contributed by atoms with Gasteiger partial charge in [-0.2, -0.15) is 0 Å². The third-order valence-electron chi connectivity index (χ3n) is 5.99. The Hall–Kier alpha value is -4.38. The average Bonchev–Trinajstić information content (AvgIpc) is 2.89. The van der Waals surface area contributed by atoms with Crippen molar-refractivity contribution < 1.29 is 14.3 Å². The monoisotopic (exact) mass is 492 g/mol. The van der Waals surface area contributed by atoms with Crippen molar-refractivity contribution in [3.63, 3.8) is 0 Å². The minimum atomic E-state index is -0.255. The van der Waals surface area contributed by atoms with Crippen LogP contribution in [0.25, 0.3) is 0 Å². The summed E-state index contributed by atoms with van der Waals surface area (Å²) in [5.74, 6) is 0.182. The van der Waals surface area contributed by atoms with Gasteiger partial charge in [-0.25, -0.2) is 0 Å². The second kappa shape index (κ2) is 11.6. The van der Waals surface area contributed by atoms with Crippen LogP contribution in [0.2, 0.25) is 0 Å². The largest absolute Gasteiger partial charge is 0.493 e. The lowest BCUT2D eigenvalue weighted by atomic mass is 9.87. The molecule has 0 fully saturated rings. The quantitative estimate of drug-likeness (QED) is 0.275. The number of amides is 2. The van der Waals surface area contributed by atoms with Crippen LogP contribution in [0.1, 0.15) is 52.6 Å². The zero-order chi connectivity index (χ0) is 26.3. The van der Waals surface area contributed by atoms with Crippen molar-refractivity contribution in [2.24, 2.45) is 0 Å². The third kappa shape index (κ3) is 7.31. The van der Waals surface area contributed by atoms with E-state index < -0.39 is 0 Å². The summed E-state index contributed by atoms with van der Waals surface area (Å²) < 4.78 is 5.85. The molecular formula is C32H32N2O3. The SMILES string of the molecule is CC(C)(C)c1ccc(C(=O)Nc2cccc(NC(=O)c3cccc(OCCc4ccccc4)c3)c2)cc1. The Kier molecular flexibility index (Phi) is 8.04. The Morgan fingerprint density at radius 3 is 1.95 bits per heavy atom. The smallest absolute Gasteiger partial charge is 0.255 e. The molecule has 0 aliphatic carbocycles. The topological polar surface area (TPSA) is 67.4 Å². The van der Waals surface area contributed by atoms with Crippen molar-refractivity contribution in [1.29, 1.82) is 0 Å². The van der Waals surface area contributed by atoms with E-state index in [2.05, 4.69) is 43.5 Å². The molecule has 4 rings (SSSR count). The molecule has 5 nitrogen and oxygen atoms in total. The summed E-state index contributed by atoms with van der Waals surface area (Å²) >= 11 is 0. The molecule has 0 unspecified atom stereocenters. The van der Waals surface area contributed by atoms with E-state index in [0.29, 0.717) is 34.9 Å². The summed E-state index contributed by atoms with van der Waals surface area (Å²) in [6.45, 7) is 6.93. The first-order valence-corrected chi connectivity index (χ1v) is 12.4. The Labute approximate surface area is 218 Å². The fourth-order valence-corrected chi connectivity index (χ4v) is 3.86. The van der Waals surface area contributed by atoms with Crippen LogP contribution in [0.3, 0.4) is 0 Å². The molecule has 0 saturated heterocycles. The Morgan fingerprint density at radius 1 is 0.676 bits per heavy atom. The van der Waals surface area contributed by atoms with E-state index in [1.165, 1.54) is 11.1 Å². The molecule has 0 saturated carbocycles. The zero-order valence-corrected chi connectivity index (χ0v) is 21.5. The number of hydrogen-bond acceptors (Lipinski definition) is 3. The van der Waals surface area contributed by atoms with Crippen molar-refractivity contribution in [2.45, 2.75) is 32.6 Å². The maximum atomic E-state index is 12.9. The van der Waals surface area contributed by atoms with E-state index in [4.69, 9.17) is 4.74 Å². The number of carbonyl (C=O) groups excluding carboxylic acids is 2.